The van der Waals surface area contributed by atoms with Gasteiger partial charge in [0.2, 0.25) is 0 Å². The summed E-state index contributed by atoms with van der Waals surface area (Å²) in [7, 11) is 2.11. The molecule has 1 fully saturated rings. The van der Waals surface area contributed by atoms with Crippen molar-refractivity contribution in [2.24, 2.45) is 0 Å². The van der Waals surface area contributed by atoms with Crippen molar-refractivity contribution >= 4 is 12.4 Å². The molecule has 0 saturated carbocycles. The minimum atomic E-state index is 0. The summed E-state index contributed by atoms with van der Waals surface area (Å²) in [5.41, 5.74) is 1.00. The monoisotopic (exact) mass is 203 g/mol. The molecule has 1 aliphatic rings. The highest BCUT2D eigenvalue weighted by Crippen LogP contribution is 2.06. The molecule has 1 saturated heterocycles. The van der Waals surface area contributed by atoms with Crippen LogP contribution in [-0.4, -0.2) is 36.2 Å². The van der Waals surface area contributed by atoms with Crippen LogP contribution in [0.15, 0.2) is 16.9 Å². The molecule has 5 heteroatoms. The minimum absolute atomic E-state index is 0. The molecule has 0 bridgehead atoms. The van der Waals surface area contributed by atoms with Gasteiger partial charge in [0, 0.05) is 31.7 Å². The van der Waals surface area contributed by atoms with Crippen LogP contribution in [0.3, 0.4) is 0 Å². The fraction of sp³-hybridized carbons (Fsp3) is 0.625. The van der Waals surface area contributed by atoms with Crippen molar-refractivity contribution in [1.29, 1.82) is 0 Å². The second kappa shape index (κ2) is 4.60. The van der Waals surface area contributed by atoms with Crippen molar-refractivity contribution < 1.29 is 4.52 Å². The second-order valence-corrected chi connectivity index (χ2v) is 3.22. The average Bonchev–Trinajstić information content (AvgIpc) is 2.34. The van der Waals surface area contributed by atoms with Crippen LogP contribution < -0.4 is 5.32 Å². The predicted molar refractivity (Wildman–Crippen MR) is 51.9 cm³/mol. The molecule has 0 unspecified atom stereocenters. The fourth-order valence-electron chi connectivity index (χ4n) is 1.29. The first kappa shape index (κ1) is 10.5. The molecule has 1 aliphatic heterocycles. The van der Waals surface area contributed by atoms with Crippen LogP contribution in [0.1, 0.15) is 5.69 Å². The van der Waals surface area contributed by atoms with Gasteiger partial charge in [0.1, 0.15) is 6.26 Å². The molecule has 1 aromatic heterocycles. The Morgan fingerprint density at radius 2 is 2.46 bits per heavy atom. The molecular formula is C8H14ClN3O. The highest BCUT2D eigenvalue weighted by molar-refractivity contribution is 5.85. The maximum absolute atomic E-state index is 4.75. The zero-order chi connectivity index (χ0) is 8.39. The van der Waals surface area contributed by atoms with Crippen LogP contribution in [0.5, 0.6) is 0 Å². The standard InChI is InChI=1S/C8H13N3O.ClH/c1-11(8-4-9-5-8)6-7-2-3-12-10-7;/h2-3,8-9H,4-6H2,1H3;1H. The molecular weight excluding hydrogens is 190 g/mol. The maximum Gasteiger partial charge on any atom is 0.124 e. The van der Waals surface area contributed by atoms with Crippen LogP contribution in [0.25, 0.3) is 0 Å². The fourth-order valence-corrected chi connectivity index (χ4v) is 1.29. The van der Waals surface area contributed by atoms with Gasteiger partial charge >= 0.3 is 0 Å². The average molecular weight is 204 g/mol. The van der Waals surface area contributed by atoms with Crippen LogP contribution in [0, 0.1) is 0 Å². The molecule has 0 radical (unpaired) electrons. The Morgan fingerprint density at radius 1 is 1.69 bits per heavy atom. The van der Waals surface area contributed by atoms with Gasteiger partial charge in [-0.25, -0.2) is 0 Å². The first-order valence-electron chi connectivity index (χ1n) is 4.16. The topological polar surface area (TPSA) is 41.3 Å². The van der Waals surface area contributed by atoms with Crippen LogP contribution >= 0.6 is 12.4 Å². The van der Waals surface area contributed by atoms with E-state index in [2.05, 4.69) is 22.4 Å². The minimum Gasteiger partial charge on any atom is -0.364 e. The summed E-state index contributed by atoms with van der Waals surface area (Å²) in [5.74, 6) is 0. The van der Waals surface area contributed by atoms with Gasteiger partial charge < -0.3 is 9.84 Å². The quantitative estimate of drug-likeness (QED) is 0.777. The lowest BCUT2D eigenvalue weighted by atomic mass is 10.1. The van der Waals surface area contributed by atoms with E-state index in [0.717, 1.165) is 25.3 Å². The van der Waals surface area contributed by atoms with E-state index in [9.17, 15) is 0 Å². The van der Waals surface area contributed by atoms with E-state index in [-0.39, 0.29) is 12.4 Å². The third-order valence-corrected chi connectivity index (χ3v) is 2.29. The largest absolute Gasteiger partial charge is 0.364 e. The Balaban J connectivity index is 0.000000845. The summed E-state index contributed by atoms with van der Waals surface area (Å²) >= 11 is 0. The van der Waals surface area contributed by atoms with E-state index in [0.29, 0.717) is 6.04 Å². The summed E-state index contributed by atoms with van der Waals surface area (Å²) in [6.07, 6.45) is 1.61. The van der Waals surface area contributed by atoms with E-state index < -0.39 is 0 Å². The molecule has 1 aromatic rings. The van der Waals surface area contributed by atoms with Crippen molar-refractivity contribution in [2.75, 3.05) is 20.1 Å². The molecule has 2 heterocycles. The SMILES string of the molecule is CN(Cc1ccon1)C1CNC1.Cl. The Bertz CT molecular complexity index is 236. The molecule has 0 atom stereocenters. The zero-order valence-electron chi connectivity index (χ0n) is 7.56. The van der Waals surface area contributed by atoms with Crippen molar-refractivity contribution in [3.05, 3.63) is 18.0 Å². The van der Waals surface area contributed by atoms with Gasteiger partial charge in [-0.2, -0.15) is 0 Å². The normalized spacial score (nSPS) is 16.8. The number of rotatable bonds is 3. The van der Waals surface area contributed by atoms with Gasteiger partial charge in [0.15, 0.2) is 0 Å². The molecule has 4 nitrogen and oxygen atoms in total. The third kappa shape index (κ3) is 2.43. The number of likely N-dealkylation sites (N-methyl/N-ethyl adjacent to an activating group) is 1. The van der Waals surface area contributed by atoms with Crippen LogP contribution in [0.2, 0.25) is 0 Å². The second-order valence-electron chi connectivity index (χ2n) is 3.22. The van der Waals surface area contributed by atoms with Crippen molar-refractivity contribution in [3.8, 4) is 0 Å². The van der Waals surface area contributed by atoms with Gasteiger partial charge in [-0.05, 0) is 7.05 Å². The number of halogens is 1. The molecule has 0 spiro atoms. The van der Waals surface area contributed by atoms with E-state index >= 15 is 0 Å². The smallest absolute Gasteiger partial charge is 0.124 e. The first-order chi connectivity index (χ1) is 5.86. The van der Waals surface area contributed by atoms with E-state index in [1.54, 1.807) is 6.26 Å². The molecule has 13 heavy (non-hydrogen) atoms. The van der Waals surface area contributed by atoms with E-state index in [1.165, 1.54) is 0 Å². The summed E-state index contributed by atoms with van der Waals surface area (Å²) in [6, 6.07) is 2.57. The molecule has 0 aliphatic carbocycles. The van der Waals surface area contributed by atoms with Gasteiger partial charge in [0.25, 0.3) is 0 Å². The number of hydrogen-bond acceptors (Lipinski definition) is 4. The van der Waals surface area contributed by atoms with E-state index in [1.807, 2.05) is 6.07 Å². The number of aromatic nitrogens is 1. The lowest BCUT2D eigenvalue weighted by Crippen LogP contribution is -2.55. The third-order valence-electron chi connectivity index (χ3n) is 2.29. The Kier molecular flexibility index (Phi) is 3.71. The maximum atomic E-state index is 4.75. The Morgan fingerprint density at radius 3 is 2.92 bits per heavy atom. The number of nitrogens with one attached hydrogen (secondary N) is 1. The summed E-state index contributed by atoms with van der Waals surface area (Å²) in [5, 5.41) is 7.10. The Hall–Kier alpha value is -0.580. The van der Waals surface area contributed by atoms with Gasteiger partial charge in [-0.3, -0.25) is 4.90 Å². The highest BCUT2D eigenvalue weighted by atomic mass is 35.5. The Labute approximate surface area is 83.7 Å². The predicted octanol–water partition coefficient (Wildman–Crippen LogP) is 0.500. The molecule has 74 valence electrons. The molecule has 0 aromatic carbocycles. The molecule has 0 amide bonds. The van der Waals surface area contributed by atoms with Crippen molar-refractivity contribution in [1.82, 2.24) is 15.4 Å². The van der Waals surface area contributed by atoms with Gasteiger partial charge in [-0.1, -0.05) is 5.16 Å². The van der Waals surface area contributed by atoms with Gasteiger partial charge in [0.05, 0.1) is 5.69 Å². The lowest BCUT2D eigenvalue weighted by molar-refractivity contribution is 0.169. The summed E-state index contributed by atoms with van der Waals surface area (Å²) in [4.78, 5) is 2.29. The lowest BCUT2D eigenvalue weighted by Gasteiger charge is -2.35. The summed E-state index contributed by atoms with van der Waals surface area (Å²) in [6.45, 7) is 3.06. The molecule has 2 rings (SSSR count). The summed E-state index contributed by atoms with van der Waals surface area (Å²) < 4.78 is 4.75. The van der Waals surface area contributed by atoms with E-state index in [4.69, 9.17) is 4.52 Å². The van der Waals surface area contributed by atoms with Crippen molar-refractivity contribution in [3.63, 3.8) is 0 Å². The van der Waals surface area contributed by atoms with Crippen molar-refractivity contribution in [2.45, 2.75) is 12.6 Å². The zero-order valence-corrected chi connectivity index (χ0v) is 8.38. The highest BCUT2D eigenvalue weighted by Gasteiger charge is 2.21. The number of hydrogen-bond donors (Lipinski definition) is 1. The number of nitrogens with zero attached hydrogens (tertiary/aromatic N) is 2. The first-order valence-corrected chi connectivity index (χ1v) is 4.16. The molecule has 1 N–H and O–H groups in total. The van der Waals surface area contributed by atoms with Gasteiger partial charge in [-0.15, -0.1) is 12.4 Å². The van der Waals surface area contributed by atoms with Crippen LogP contribution in [-0.2, 0) is 6.54 Å². The van der Waals surface area contributed by atoms with Crippen LogP contribution in [0.4, 0.5) is 0 Å².